The van der Waals surface area contributed by atoms with E-state index in [1.807, 2.05) is 0 Å². The van der Waals surface area contributed by atoms with Crippen molar-refractivity contribution in [3.63, 3.8) is 0 Å². The number of amides is 2. The molecule has 6 nitrogen and oxygen atoms in total. The van der Waals surface area contributed by atoms with Crippen LogP contribution in [-0.2, 0) is 16.0 Å². The van der Waals surface area contributed by atoms with E-state index < -0.39 is 29.5 Å². The molecule has 0 unspecified atom stereocenters. The van der Waals surface area contributed by atoms with Crippen LogP contribution in [0.15, 0.2) is 12.3 Å². The van der Waals surface area contributed by atoms with Gasteiger partial charge in [0, 0.05) is 12.0 Å². The molecule has 1 atom stereocenters. The summed E-state index contributed by atoms with van der Waals surface area (Å²) in [6.07, 6.45) is 0.511. The molecule has 0 spiro atoms. The van der Waals surface area contributed by atoms with Crippen molar-refractivity contribution in [2.24, 2.45) is 0 Å². The molecule has 2 heterocycles. The highest BCUT2D eigenvalue weighted by atomic mass is 19.1. The van der Waals surface area contributed by atoms with Gasteiger partial charge in [-0.25, -0.2) is 14.2 Å². The Morgan fingerprint density at radius 1 is 1.55 bits per heavy atom. The van der Waals surface area contributed by atoms with E-state index in [9.17, 15) is 14.0 Å². The van der Waals surface area contributed by atoms with E-state index in [-0.39, 0.29) is 6.42 Å². The van der Waals surface area contributed by atoms with Crippen molar-refractivity contribution in [1.29, 1.82) is 0 Å². The van der Waals surface area contributed by atoms with Gasteiger partial charge in [-0.05, 0) is 26.8 Å². The lowest BCUT2D eigenvalue weighted by molar-refractivity contribution is -0.118. The van der Waals surface area contributed by atoms with Crippen molar-refractivity contribution in [2.45, 2.75) is 38.8 Å². The molecule has 0 saturated heterocycles. The maximum atomic E-state index is 13.1. The zero-order valence-electron chi connectivity index (χ0n) is 11.5. The predicted octanol–water partition coefficient (Wildman–Crippen LogP) is 1.61. The van der Waals surface area contributed by atoms with Crippen LogP contribution in [0.2, 0.25) is 0 Å². The second kappa shape index (κ2) is 5.07. The van der Waals surface area contributed by atoms with Crippen LogP contribution in [0.3, 0.4) is 0 Å². The number of nitrogens with zero attached hydrogens (tertiary/aromatic N) is 1. The lowest BCUT2D eigenvalue weighted by atomic mass is 10.0. The maximum absolute atomic E-state index is 13.1. The summed E-state index contributed by atoms with van der Waals surface area (Å²) < 4.78 is 18.2. The molecular weight excluding hydrogens is 265 g/mol. The number of halogens is 1. The summed E-state index contributed by atoms with van der Waals surface area (Å²) in [7, 11) is 0. The molecule has 2 rings (SSSR count). The number of pyridine rings is 1. The summed E-state index contributed by atoms with van der Waals surface area (Å²) >= 11 is 0. The first kappa shape index (κ1) is 14.2. The first-order chi connectivity index (χ1) is 9.24. The Balaban J connectivity index is 2.07. The number of carbonyl (C=O) groups is 2. The van der Waals surface area contributed by atoms with Crippen molar-refractivity contribution >= 4 is 17.8 Å². The van der Waals surface area contributed by atoms with Crippen LogP contribution < -0.4 is 10.6 Å². The van der Waals surface area contributed by atoms with Crippen LogP contribution in [0.5, 0.6) is 0 Å². The molecule has 0 aromatic carbocycles. The number of anilines is 1. The van der Waals surface area contributed by atoms with Crippen molar-refractivity contribution in [3.05, 3.63) is 23.6 Å². The van der Waals surface area contributed by atoms with Crippen molar-refractivity contribution in [2.75, 3.05) is 5.32 Å². The average molecular weight is 281 g/mol. The molecule has 7 heteroatoms. The zero-order chi connectivity index (χ0) is 14.9. The van der Waals surface area contributed by atoms with Crippen molar-refractivity contribution < 1.29 is 18.7 Å². The smallest absolute Gasteiger partial charge is 0.408 e. The summed E-state index contributed by atoms with van der Waals surface area (Å²) in [6, 6.07) is 0.479. The Morgan fingerprint density at radius 2 is 2.25 bits per heavy atom. The number of hydrogen-bond donors (Lipinski definition) is 2. The third-order valence-electron chi connectivity index (χ3n) is 2.61. The maximum Gasteiger partial charge on any atom is 0.408 e. The Hall–Kier alpha value is -2.18. The Labute approximate surface area is 115 Å². The van der Waals surface area contributed by atoms with Crippen molar-refractivity contribution in [3.8, 4) is 0 Å². The summed E-state index contributed by atoms with van der Waals surface area (Å²) in [6.45, 7) is 5.17. The Bertz CT molecular complexity index is 554. The summed E-state index contributed by atoms with van der Waals surface area (Å²) in [5.41, 5.74) is -0.119. The van der Waals surface area contributed by atoms with Crippen LogP contribution in [0.25, 0.3) is 0 Å². The van der Waals surface area contributed by atoms with Gasteiger partial charge in [-0.2, -0.15) is 0 Å². The number of alkyl carbamates (subject to hydrolysis) is 1. The number of aromatic nitrogens is 1. The van der Waals surface area contributed by atoms with Crippen molar-refractivity contribution in [1.82, 2.24) is 10.3 Å². The highest BCUT2D eigenvalue weighted by Crippen LogP contribution is 2.21. The monoisotopic (exact) mass is 281 g/mol. The largest absolute Gasteiger partial charge is 0.444 e. The normalized spacial score (nSPS) is 18.0. The number of nitrogens with one attached hydrogen (secondary N) is 2. The number of fused-ring (bicyclic) bond motifs is 1. The van der Waals surface area contributed by atoms with Crippen LogP contribution >= 0.6 is 0 Å². The molecule has 1 aliphatic heterocycles. The van der Waals surface area contributed by atoms with Crippen LogP contribution in [0.1, 0.15) is 26.3 Å². The Morgan fingerprint density at radius 3 is 2.90 bits per heavy atom. The van der Waals surface area contributed by atoms with E-state index in [1.54, 1.807) is 20.8 Å². The molecule has 0 saturated carbocycles. The van der Waals surface area contributed by atoms with E-state index in [2.05, 4.69) is 15.6 Å². The topological polar surface area (TPSA) is 80.3 Å². The van der Waals surface area contributed by atoms with Gasteiger partial charge in [-0.1, -0.05) is 0 Å². The van der Waals surface area contributed by atoms with E-state index in [0.29, 0.717) is 11.4 Å². The quantitative estimate of drug-likeness (QED) is 0.819. The summed E-state index contributed by atoms with van der Waals surface area (Å²) in [4.78, 5) is 27.3. The second-order valence-corrected chi connectivity index (χ2v) is 5.55. The first-order valence-electron chi connectivity index (χ1n) is 6.19. The minimum Gasteiger partial charge on any atom is -0.444 e. The minimum absolute atomic E-state index is 0.172. The third-order valence-corrected chi connectivity index (χ3v) is 2.61. The van der Waals surface area contributed by atoms with Crippen LogP contribution in [0, 0.1) is 5.82 Å². The molecule has 2 amide bonds. The molecule has 20 heavy (non-hydrogen) atoms. The number of rotatable bonds is 1. The SMILES string of the molecule is CC(C)(C)OC(=O)N[C@H]1Cc2cc(F)cnc2NC1=O. The fraction of sp³-hybridized carbons (Fsp3) is 0.462. The van der Waals surface area contributed by atoms with Gasteiger partial charge in [-0.3, -0.25) is 4.79 Å². The van der Waals surface area contributed by atoms with Crippen LogP contribution in [0.4, 0.5) is 15.0 Å². The number of hydrogen-bond acceptors (Lipinski definition) is 4. The van der Waals surface area contributed by atoms with Crippen LogP contribution in [-0.4, -0.2) is 28.6 Å². The molecule has 108 valence electrons. The lowest BCUT2D eigenvalue weighted by Crippen LogP contribution is -2.49. The fourth-order valence-electron chi connectivity index (χ4n) is 1.83. The van der Waals surface area contributed by atoms with Gasteiger partial charge >= 0.3 is 6.09 Å². The number of ether oxygens (including phenoxy) is 1. The van der Waals surface area contributed by atoms with Gasteiger partial charge < -0.3 is 15.4 Å². The highest BCUT2D eigenvalue weighted by Gasteiger charge is 2.30. The van der Waals surface area contributed by atoms with E-state index in [1.165, 1.54) is 6.07 Å². The summed E-state index contributed by atoms with van der Waals surface area (Å²) in [5, 5.41) is 4.98. The molecule has 1 aliphatic rings. The van der Waals surface area contributed by atoms with Gasteiger partial charge in [0.2, 0.25) is 5.91 Å². The van der Waals surface area contributed by atoms with E-state index in [0.717, 1.165) is 6.20 Å². The lowest BCUT2D eigenvalue weighted by Gasteiger charge is -2.26. The molecule has 2 N–H and O–H groups in total. The van der Waals surface area contributed by atoms with Gasteiger partial charge in [0.15, 0.2) is 0 Å². The number of carbonyl (C=O) groups excluding carboxylic acids is 2. The molecule has 0 bridgehead atoms. The third kappa shape index (κ3) is 3.43. The molecular formula is C13H16FN3O3. The fourth-order valence-corrected chi connectivity index (χ4v) is 1.83. The van der Waals surface area contributed by atoms with Gasteiger partial charge in [0.25, 0.3) is 0 Å². The molecule has 1 aromatic heterocycles. The molecule has 0 radical (unpaired) electrons. The predicted molar refractivity (Wildman–Crippen MR) is 69.7 cm³/mol. The molecule has 0 aliphatic carbocycles. The highest BCUT2D eigenvalue weighted by molar-refractivity contribution is 5.98. The van der Waals surface area contributed by atoms with Gasteiger partial charge in [0.05, 0.1) is 6.20 Å². The Kier molecular flexibility index (Phi) is 3.61. The second-order valence-electron chi connectivity index (χ2n) is 5.55. The standard InChI is InChI=1S/C13H16FN3O3/c1-13(2,3)20-12(19)16-9-5-7-4-8(14)6-15-10(7)17-11(9)18/h4,6,9H,5H2,1-3H3,(H,16,19)(H,15,17,18)/t9-/m0/s1. The average Bonchev–Trinajstić information content (AvgIpc) is 2.28. The zero-order valence-corrected chi connectivity index (χ0v) is 11.5. The van der Waals surface area contributed by atoms with E-state index >= 15 is 0 Å². The van der Waals surface area contributed by atoms with Gasteiger partial charge in [-0.15, -0.1) is 0 Å². The van der Waals surface area contributed by atoms with Gasteiger partial charge in [0.1, 0.15) is 23.3 Å². The first-order valence-corrected chi connectivity index (χ1v) is 6.19. The minimum atomic E-state index is -0.805. The van der Waals surface area contributed by atoms with E-state index in [4.69, 9.17) is 4.74 Å². The molecule has 0 fully saturated rings. The molecule has 1 aromatic rings. The summed E-state index contributed by atoms with van der Waals surface area (Å²) in [5.74, 6) is -0.572.